The van der Waals surface area contributed by atoms with Gasteiger partial charge >= 0.3 is 0 Å². The van der Waals surface area contributed by atoms with Crippen molar-refractivity contribution in [3.05, 3.63) is 50.6 Å². The van der Waals surface area contributed by atoms with Crippen LogP contribution in [-0.2, 0) is 0 Å². The third-order valence-electron chi connectivity index (χ3n) is 2.42. The Morgan fingerprint density at radius 2 is 2.24 bits per heavy atom. The van der Waals surface area contributed by atoms with Crippen LogP contribution in [0.25, 0.3) is 0 Å². The summed E-state index contributed by atoms with van der Waals surface area (Å²) >= 11 is 5.10. The van der Waals surface area contributed by atoms with E-state index in [-0.39, 0.29) is 6.04 Å². The molecule has 0 aliphatic heterocycles. The summed E-state index contributed by atoms with van der Waals surface area (Å²) in [7, 11) is 0. The Balaban J connectivity index is 2.24. The van der Waals surface area contributed by atoms with Gasteiger partial charge in [0.15, 0.2) is 0 Å². The summed E-state index contributed by atoms with van der Waals surface area (Å²) in [5, 5.41) is 2.04. The number of thiophene rings is 1. The van der Waals surface area contributed by atoms with Gasteiger partial charge in [0.2, 0.25) is 0 Å². The Labute approximate surface area is 114 Å². The first kappa shape index (κ1) is 12.6. The number of hydrogen-bond donors (Lipinski definition) is 1. The molecule has 1 atom stereocenters. The fourth-order valence-electron chi connectivity index (χ4n) is 1.62. The molecule has 0 amide bonds. The molecule has 0 saturated heterocycles. The molecular formula is C13H14BrNOS. The number of halogens is 1. The van der Waals surface area contributed by atoms with Crippen LogP contribution in [0.4, 0.5) is 0 Å². The Bertz CT molecular complexity index is 498. The largest absolute Gasteiger partial charge is 0.494 e. The SMILES string of the molecule is CCOc1cccc(C(N)c2cc(Br)cs2)c1. The van der Waals surface area contributed by atoms with E-state index < -0.39 is 0 Å². The van der Waals surface area contributed by atoms with Crippen LogP contribution >= 0.6 is 27.3 Å². The molecule has 0 aliphatic carbocycles. The molecule has 1 unspecified atom stereocenters. The van der Waals surface area contributed by atoms with Gasteiger partial charge in [0.25, 0.3) is 0 Å². The van der Waals surface area contributed by atoms with Crippen molar-refractivity contribution in [1.82, 2.24) is 0 Å². The summed E-state index contributed by atoms with van der Waals surface area (Å²) in [6, 6.07) is 9.92. The molecule has 0 spiro atoms. The summed E-state index contributed by atoms with van der Waals surface area (Å²) in [5.74, 6) is 0.871. The molecule has 0 aliphatic rings. The van der Waals surface area contributed by atoms with Crippen molar-refractivity contribution in [3.8, 4) is 5.75 Å². The molecule has 4 heteroatoms. The monoisotopic (exact) mass is 311 g/mol. The van der Waals surface area contributed by atoms with Gasteiger partial charge < -0.3 is 10.5 Å². The van der Waals surface area contributed by atoms with Crippen molar-refractivity contribution in [1.29, 1.82) is 0 Å². The predicted molar refractivity (Wildman–Crippen MR) is 75.7 cm³/mol. The van der Waals surface area contributed by atoms with E-state index in [2.05, 4.69) is 22.0 Å². The maximum absolute atomic E-state index is 6.23. The van der Waals surface area contributed by atoms with Gasteiger partial charge in [-0.1, -0.05) is 12.1 Å². The van der Waals surface area contributed by atoms with Crippen LogP contribution < -0.4 is 10.5 Å². The van der Waals surface area contributed by atoms with Crippen LogP contribution in [0.5, 0.6) is 5.75 Å². The zero-order chi connectivity index (χ0) is 12.3. The van der Waals surface area contributed by atoms with Crippen LogP contribution in [0, 0.1) is 0 Å². The van der Waals surface area contributed by atoms with Gasteiger partial charge in [0.1, 0.15) is 5.75 Å². The Morgan fingerprint density at radius 3 is 2.88 bits per heavy atom. The standard InChI is InChI=1S/C13H14BrNOS/c1-2-16-11-5-3-4-9(6-11)13(15)12-7-10(14)8-17-12/h3-8,13H,2,15H2,1H3. The molecule has 2 nitrogen and oxygen atoms in total. The first-order valence-electron chi connectivity index (χ1n) is 5.43. The molecule has 0 saturated carbocycles. The summed E-state index contributed by atoms with van der Waals surface area (Å²) in [6.45, 7) is 2.65. The van der Waals surface area contributed by atoms with E-state index in [0.29, 0.717) is 6.61 Å². The topological polar surface area (TPSA) is 35.2 Å². The second kappa shape index (κ2) is 5.67. The van der Waals surface area contributed by atoms with Crippen LogP contribution in [0.2, 0.25) is 0 Å². The van der Waals surface area contributed by atoms with Gasteiger partial charge in [-0.2, -0.15) is 0 Å². The maximum atomic E-state index is 6.23. The van der Waals surface area contributed by atoms with Crippen molar-refractivity contribution >= 4 is 27.3 Å². The van der Waals surface area contributed by atoms with Gasteiger partial charge in [-0.25, -0.2) is 0 Å². The summed E-state index contributed by atoms with van der Waals surface area (Å²) in [6.07, 6.45) is 0. The second-order valence-corrected chi connectivity index (χ2v) is 5.51. The smallest absolute Gasteiger partial charge is 0.119 e. The van der Waals surface area contributed by atoms with E-state index >= 15 is 0 Å². The normalized spacial score (nSPS) is 12.4. The average Bonchev–Trinajstić information content (AvgIpc) is 2.76. The first-order valence-corrected chi connectivity index (χ1v) is 7.10. The molecule has 0 radical (unpaired) electrons. The summed E-state index contributed by atoms with van der Waals surface area (Å²) in [4.78, 5) is 1.14. The van der Waals surface area contributed by atoms with Crippen molar-refractivity contribution in [2.75, 3.05) is 6.61 Å². The third kappa shape index (κ3) is 3.09. The Kier molecular flexibility index (Phi) is 4.20. The van der Waals surface area contributed by atoms with Crippen molar-refractivity contribution in [2.24, 2.45) is 5.73 Å². The predicted octanol–water partition coefficient (Wildman–Crippen LogP) is 3.96. The van der Waals surface area contributed by atoms with Gasteiger partial charge in [-0.05, 0) is 46.6 Å². The molecule has 17 heavy (non-hydrogen) atoms. The minimum absolute atomic E-state index is 0.0910. The van der Waals surface area contributed by atoms with Crippen LogP contribution in [0.3, 0.4) is 0 Å². The van der Waals surface area contributed by atoms with Crippen molar-refractivity contribution in [3.63, 3.8) is 0 Å². The lowest BCUT2D eigenvalue weighted by Gasteiger charge is -2.11. The lowest BCUT2D eigenvalue weighted by molar-refractivity contribution is 0.340. The van der Waals surface area contributed by atoms with Crippen molar-refractivity contribution < 1.29 is 4.74 Å². The molecular weight excluding hydrogens is 298 g/mol. The maximum Gasteiger partial charge on any atom is 0.119 e. The highest BCUT2D eigenvalue weighted by Gasteiger charge is 2.11. The van der Waals surface area contributed by atoms with Gasteiger partial charge in [0, 0.05) is 14.7 Å². The van der Waals surface area contributed by atoms with Gasteiger partial charge in [-0.3, -0.25) is 0 Å². The van der Waals surface area contributed by atoms with Crippen LogP contribution in [0.1, 0.15) is 23.4 Å². The second-order valence-electron chi connectivity index (χ2n) is 3.65. The highest BCUT2D eigenvalue weighted by atomic mass is 79.9. The van der Waals surface area contributed by atoms with Gasteiger partial charge in [-0.15, -0.1) is 11.3 Å². The first-order chi connectivity index (χ1) is 8.20. The molecule has 0 fully saturated rings. The van der Waals surface area contributed by atoms with E-state index in [0.717, 1.165) is 20.7 Å². The van der Waals surface area contributed by atoms with E-state index in [1.807, 2.05) is 36.6 Å². The molecule has 1 heterocycles. The molecule has 2 N–H and O–H groups in total. The third-order valence-corrected chi connectivity index (χ3v) is 4.20. The van der Waals surface area contributed by atoms with E-state index in [1.54, 1.807) is 11.3 Å². The van der Waals surface area contributed by atoms with E-state index in [1.165, 1.54) is 0 Å². The van der Waals surface area contributed by atoms with Gasteiger partial charge in [0.05, 0.1) is 12.6 Å². The summed E-state index contributed by atoms with van der Waals surface area (Å²) in [5.41, 5.74) is 7.30. The van der Waals surface area contributed by atoms with E-state index in [4.69, 9.17) is 10.5 Å². The fourth-order valence-corrected chi connectivity index (χ4v) is 3.09. The number of rotatable bonds is 4. The highest BCUT2D eigenvalue weighted by molar-refractivity contribution is 9.10. The molecule has 90 valence electrons. The number of benzene rings is 1. The zero-order valence-corrected chi connectivity index (χ0v) is 11.9. The summed E-state index contributed by atoms with van der Waals surface area (Å²) < 4.78 is 6.55. The molecule has 0 bridgehead atoms. The van der Waals surface area contributed by atoms with E-state index in [9.17, 15) is 0 Å². The average molecular weight is 312 g/mol. The number of ether oxygens (including phenoxy) is 1. The zero-order valence-electron chi connectivity index (χ0n) is 9.52. The fraction of sp³-hybridized carbons (Fsp3) is 0.231. The minimum Gasteiger partial charge on any atom is -0.494 e. The quantitative estimate of drug-likeness (QED) is 0.927. The Hall–Kier alpha value is -0.840. The number of nitrogens with two attached hydrogens (primary N) is 1. The van der Waals surface area contributed by atoms with Crippen LogP contribution in [0.15, 0.2) is 40.2 Å². The minimum atomic E-state index is -0.0910. The molecule has 1 aromatic carbocycles. The van der Waals surface area contributed by atoms with Crippen LogP contribution in [-0.4, -0.2) is 6.61 Å². The highest BCUT2D eigenvalue weighted by Crippen LogP contribution is 2.29. The number of hydrogen-bond acceptors (Lipinski definition) is 3. The van der Waals surface area contributed by atoms with Crippen molar-refractivity contribution in [2.45, 2.75) is 13.0 Å². The lowest BCUT2D eigenvalue weighted by Crippen LogP contribution is -2.10. The molecule has 2 rings (SSSR count). The molecule has 2 aromatic rings. The Morgan fingerprint density at radius 1 is 1.41 bits per heavy atom. The molecule has 1 aromatic heterocycles. The lowest BCUT2D eigenvalue weighted by atomic mass is 10.1.